The Morgan fingerprint density at radius 3 is 2.37 bits per heavy atom. The van der Waals surface area contributed by atoms with Crippen molar-refractivity contribution in [1.29, 1.82) is 0 Å². The van der Waals surface area contributed by atoms with Crippen LogP contribution in [0.25, 0.3) is 0 Å². The van der Waals surface area contributed by atoms with Crippen LogP contribution in [0.2, 0.25) is 5.02 Å². The maximum atomic E-state index is 12.6. The van der Waals surface area contributed by atoms with Crippen LogP contribution in [0.15, 0.2) is 30.6 Å². The van der Waals surface area contributed by atoms with E-state index in [1.807, 2.05) is 4.90 Å². The second kappa shape index (κ2) is 8.81. The van der Waals surface area contributed by atoms with E-state index in [-0.39, 0.29) is 11.9 Å². The van der Waals surface area contributed by atoms with E-state index in [9.17, 15) is 9.59 Å². The maximum absolute atomic E-state index is 12.6. The first kappa shape index (κ1) is 19.1. The van der Waals surface area contributed by atoms with Crippen LogP contribution in [0.5, 0.6) is 0 Å². The third-order valence-electron chi connectivity index (χ3n) is 4.43. The predicted molar refractivity (Wildman–Crippen MR) is 102 cm³/mol. The number of anilines is 2. The Kier molecular flexibility index (Phi) is 6.24. The zero-order valence-electron chi connectivity index (χ0n) is 15.1. The summed E-state index contributed by atoms with van der Waals surface area (Å²) in [6, 6.07) is 4.73. The lowest BCUT2D eigenvalue weighted by Gasteiger charge is -2.20. The molecule has 27 heavy (non-hydrogen) atoms. The number of halogens is 1. The molecule has 0 radical (unpaired) electrons. The normalized spacial score (nSPS) is 14.4. The van der Waals surface area contributed by atoms with Gasteiger partial charge >= 0.3 is 5.97 Å². The monoisotopic (exact) mass is 388 g/mol. The molecule has 1 N–H and O–H groups in total. The number of nitrogens with zero attached hydrogens (tertiary/aromatic N) is 3. The lowest BCUT2D eigenvalue weighted by atomic mass is 10.2. The fourth-order valence-corrected chi connectivity index (χ4v) is 3.11. The number of carbonyl (C=O) groups is 2. The van der Waals surface area contributed by atoms with Crippen LogP contribution in [0.4, 0.5) is 11.6 Å². The van der Waals surface area contributed by atoms with Crippen molar-refractivity contribution in [2.45, 2.75) is 25.7 Å². The quantitative estimate of drug-likeness (QED) is 0.804. The molecular formula is C19H21ClN4O3. The summed E-state index contributed by atoms with van der Waals surface area (Å²) in [6.07, 6.45) is 7.38. The lowest BCUT2D eigenvalue weighted by Crippen LogP contribution is -2.32. The molecule has 2 aromatic rings. The van der Waals surface area contributed by atoms with Gasteiger partial charge in [-0.15, -0.1) is 0 Å². The summed E-state index contributed by atoms with van der Waals surface area (Å²) < 4.78 is 4.71. The highest BCUT2D eigenvalue weighted by atomic mass is 35.5. The van der Waals surface area contributed by atoms with Gasteiger partial charge in [-0.2, -0.15) is 0 Å². The van der Waals surface area contributed by atoms with Crippen LogP contribution in [0, 0.1) is 0 Å². The molecule has 1 fully saturated rings. The molecule has 7 nitrogen and oxygen atoms in total. The van der Waals surface area contributed by atoms with E-state index in [0.717, 1.165) is 38.8 Å². The molecule has 0 unspecified atom stereocenters. The Bertz CT molecular complexity index is 818. The number of likely N-dealkylation sites (tertiary alicyclic amines) is 1. The van der Waals surface area contributed by atoms with Gasteiger partial charge in [-0.1, -0.05) is 24.4 Å². The summed E-state index contributed by atoms with van der Waals surface area (Å²) in [5.74, 6) is -0.227. The molecule has 8 heteroatoms. The van der Waals surface area contributed by atoms with Crippen molar-refractivity contribution in [1.82, 2.24) is 14.9 Å². The molecule has 1 amide bonds. The third-order valence-corrected chi connectivity index (χ3v) is 4.76. The molecule has 1 saturated heterocycles. The minimum Gasteiger partial charge on any atom is -0.465 e. The van der Waals surface area contributed by atoms with Crippen molar-refractivity contribution in [3.05, 3.63) is 46.7 Å². The Labute approximate surface area is 162 Å². The largest absolute Gasteiger partial charge is 0.465 e. The average Bonchev–Trinajstić information content (AvgIpc) is 2.98. The number of nitrogens with one attached hydrogen (secondary N) is 1. The Morgan fingerprint density at radius 1 is 1.07 bits per heavy atom. The SMILES string of the molecule is COC(=O)c1ccc(Cl)c(Nc2ncc(C(=O)N3CCCCCC3)cn2)c1. The minimum atomic E-state index is -0.464. The summed E-state index contributed by atoms with van der Waals surface area (Å²) in [5, 5.41) is 3.37. The van der Waals surface area contributed by atoms with Crippen molar-refractivity contribution in [2.24, 2.45) is 0 Å². The second-order valence-electron chi connectivity index (χ2n) is 6.31. The van der Waals surface area contributed by atoms with Gasteiger partial charge in [0.15, 0.2) is 0 Å². The van der Waals surface area contributed by atoms with E-state index in [4.69, 9.17) is 16.3 Å². The molecule has 0 spiro atoms. The average molecular weight is 389 g/mol. The van der Waals surface area contributed by atoms with Crippen LogP contribution in [-0.4, -0.2) is 46.9 Å². The molecule has 0 saturated carbocycles. The van der Waals surface area contributed by atoms with Crippen LogP contribution < -0.4 is 5.32 Å². The predicted octanol–water partition coefficient (Wildman–Crippen LogP) is 3.68. The van der Waals surface area contributed by atoms with Gasteiger partial charge in [0, 0.05) is 25.5 Å². The zero-order chi connectivity index (χ0) is 19.2. The number of hydrogen-bond donors (Lipinski definition) is 1. The van der Waals surface area contributed by atoms with E-state index < -0.39 is 5.97 Å². The fraction of sp³-hybridized carbons (Fsp3) is 0.368. The Morgan fingerprint density at radius 2 is 1.74 bits per heavy atom. The molecule has 0 atom stereocenters. The first-order valence-electron chi connectivity index (χ1n) is 8.84. The molecule has 0 bridgehead atoms. The highest BCUT2D eigenvalue weighted by molar-refractivity contribution is 6.33. The lowest BCUT2D eigenvalue weighted by molar-refractivity contribution is 0.0600. The van der Waals surface area contributed by atoms with Crippen molar-refractivity contribution >= 4 is 35.1 Å². The Balaban J connectivity index is 1.72. The number of ether oxygens (including phenoxy) is 1. The first-order chi connectivity index (χ1) is 13.1. The van der Waals surface area contributed by atoms with Gasteiger partial charge in [-0.3, -0.25) is 4.79 Å². The van der Waals surface area contributed by atoms with E-state index in [1.165, 1.54) is 19.5 Å². The summed E-state index contributed by atoms with van der Waals surface area (Å²) in [6.45, 7) is 1.55. The molecule has 3 rings (SSSR count). The van der Waals surface area contributed by atoms with Crippen LogP contribution in [-0.2, 0) is 4.74 Å². The number of hydrogen-bond acceptors (Lipinski definition) is 6. The highest BCUT2D eigenvalue weighted by Gasteiger charge is 2.18. The Hall–Kier alpha value is -2.67. The summed E-state index contributed by atoms with van der Waals surface area (Å²) in [7, 11) is 1.31. The molecule has 0 aliphatic carbocycles. The molecule has 1 aliphatic heterocycles. The van der Waals surface area contributed by atoms with E-state index in [2.05, 4.69) is 15.3 Å². The van der Waals surface area contributed by atoms with Crippen molar-refractivity contribution in [2.75, 3.05) is 25.5 Å². The molecule has 142 valence electrons. The van der Waals surface area contributed by atoms with Gasteiger partial charge in [0.2, 0.25) is 5.95 Å². The van der Waals surface area contributed by atoms with Crippen LogP contribution in [0.1, 0.15) is 46.4 Å². The number of esters is 1. The van der Waals surface area contributed by atoms with Gasteiger partial charge in [0.25, 0.3) is 5.91 Å². The summed E-state index contributed by atoms with van der Waals surface area (Å²) in [5.41, 5.74) is 1.29. The topological polar surface area (TPSA) is 84.4 Å². The molecule has 1 aromatic carbocycles. The number of amides is 1. The number of benzene rings is 1. The molecule has 2 heterocycles. The summed E-state index contributed by atoms with van der Waals surface area (Å²) >= 11 is 6.16. The van der Waals surface area contributed by atoms with E-state index >= 15 is 0 Å². The minimum absolute atomic E-state index is 0.0471. The number of rotatable bonds is 4. The standard InChI is InChI=1S/C19H21ClN4O3/c1-27-18(26)13-6-7-15(20)16(10-13)23-19-21-11-14(12-22-19)17(25)24-8-4-2-3-5-9-24/h6-7,10-12H,2-5,8-9H2,1H3,(H,21,22,23). The smallest absolute Gasteiger partial charge is 0.337 e. The van der Waals surface area contributed by atoms with E-state index in [1.54, 1.807) is 18.2 Å². The number of carbonyl (C=O) groups excluding carboxylic acids is 2. The van der Waals surface area contributed by atoms with Gasteiger partial charge in [-0.25, -0.2) is 14.8 Å². The van der Waals surface area contributed by atoms with Crippen molar-refractivity contribution < 1.29 is 14.3 Å². The third kappa shape index (κ3) is 4.74. The van der Waals surface area contributed by atoms with Crippen molar-refractivity contribution in [3.63, 3.8) is 0 Å². The van der Waals surface area contributed by atoms with Gasteiger partial charge in [0.1, 0.15) is 0 Å². The van der Waals surface area contributed by atoms with Crippen molar-refractivity contribution in [3.8, 4) is 0 Å². The van der Waals surface area contributed by atoms with Crippen LogP contribution in [0.3, 0.4) is 0 Å². The highest BCUT2D eigenvalue weighted by Crippen LogP contribution is 2.25. The molecular weight excluding hydrogens is 368 g/mol. The molecule has 1 aliphatic rings. The fourth-order valence-electron chi connectivity index (χ4n) is 2.95. The van der Waals surface area contributed by atoms with Crippen LogP contribution >= 0.6 is 11.6 Å². The maximum Gasteiger partial charge on any atom is 0.337 e. The molecule has 1 aromatic heterocycles. The van der Waals surface area contributed by atoms with Gasteiger partial charge in [0.05, 0.1) is 28.9 Å². The number of aromatic nitrogens is 2. The summed E-state index contributed by atoms with van der Waals surface area (Å²) in [4.78, 5) is 34.5. The van der Waals surface area contributed by atoms with Gasteiger partial charge in [-0.05, 0) is 31.0 Å². The van der Waals surface area contributed by atoms with Gasteiger partial charge < -0.3 is 15.0 Å². The second-order valence-corrected chi connectivity index (χ2v) is 6.72. The number of methoxy groups -OCH3 is 1. The zero-order valence-corrected chi connectivity index (χ0v) is 15.8. The first-order valence-corrected chi connectivity index (χ1v) is 9.22. The van der Waals surface area contributed by atoms with E-state index in [0.29, 0.717) is 21.8 Å².